The molecule has 2 heteroatoms. The second-order valence-electron chi connectivity index (χ2n) is 5.83. The fourth-order valence-corrected chi connectivity index (χ4v) is 2.91. The van der Waals surface area contributed by atoms with Gasteiger partial charge in [-0.15, -0.1) is 0 Å². The van der Waals surface area contributed by atoms with Crippen molar-refractivity contribution in [3.05, 3.63) is 35.4 Å². The molecule has 2 atom stereocenters. The third kappa shape index (κ3) is 4.32. The standard InChI is InChI=1S/C17H28N2/c1-3-4-5-8-14(2)19-13-16-12-18-11-15-9-6-7-10-17(15)16/h6-7,9-10,14,16,18-19H,3-5,8,11-13H2,1-2H3. The summed E-state index contributed by atoms with van der Waals surface area (Å²) in [7, 11) is 0. The third-order valence-electron chi connectivity index (χ3n) is 4.15. The van der Waals surface area contributed by atoms with Gasteiger partial charge in [0.2, 0.25) is 0 Å². The number of benzene rings is 1. The van der Waals surface area contributed by atoms with E-state index < -0.39 is 0 Å². The molecular weight excluding hydrogens is 232 g/mol. The molecule has 1 aromatic rings. The molecule has 0 saturated heterocycles. The number of rotatable bonds is 7. The Balaban J connectivity index is 1.80. The van der Waals surface area contributed by atoms with Crippen LogP contribution in [0.3, 0.4) is 0 Å². The highest BCUT2D eigenvalue weighted by Crippen LogP contribution is 2.23. The minimum atomic E-state index is 0.624. The van der Waals surface area contributed by atoms with Crippen molar-refractivity contribution in [2.24, 2.45) is 0 Å². The highest BCUT2D eigenvalue weighted by Gasteiger charge is 2.19. The fourth-order valence-electron chi connectivity index (χ4n) is 2.91. The van der Waals surface area contributed by atoms with E-state index in [1.54, 1.807) is 0 Å². The van der Waals surface area contributed by atoms with Gasteiger partial charge in [-0.05, 0) is 24.5 Å². The van der Waals surface area contributed by atoms with E-state index in [9.17, 15) is 0 Å². The Morgan fingerprint density at radius 1 is 1.32 bits per heavy atom. The molecule has 0 aliphatic carbocycles. The van der Waals surface area contributed by atoms with Gasteiger partial charge in [0.05, 0.1) is 0 Å². The van der Waals surface area contributed by atoms with Crippen molar-refractivity contribution >= 4 is 0 Å². The molecule has 0 saturated carbocycles. The predicted octanol–water partition coefficient (Wildman–Crippen LogP) is 3.43. The number of unbranched alkanes of at least 4 members (excludes halogenated alkanes) is 2. The van der Waals surface area contributed by atoms with Crippen molar-refractivity contribution < 1.29 is 0 Å². The SMILES string of the molecule is CCCCCC(C)NCC1CNCc2ccccc21. The Bertz CT molecular complexity index is 375. The largest absolute Gasteiger partial charge is 0.314 e. The monoisotopic (exact) mass is 260 g/mol. The molecule has 1 heterocycles. The molecule has 1 aromatic carbocycles. The number of hydrogen-bond donors (Lipinski definition) is 2. The Kier molecular flexibility index (Phi) is 5.87. The Morgan fingerprint density at radius 2 is 2.16 bits per heavy atom. The summed E-state index contributed by atoms with van der Waals surface area (Å²) in [6.07, 6.45) is 5.33. The smallest absolute Gasteiger partial charge is 0.0208 e. The van der Waals surface area contributed by atoms with Gasteiger partial charge in [0.25, 0.3) is 0 Å². The quantitative estimate of drug-likeness (QED) is 0.734. The summed E-state index contributed by atoms with van der Waals surface area (Å²) in [5.41, 5.74) is 3.01. The van der Waals surface area contributed by atoms with E-state index in [1.807, 2.05) is 0 Å². The summed E-state index contributed by atoms with van der Waals surface area (Å²) >= 11 is 0. The van der Waals surface area contributed by atoms with Crippen LogP contribution in [-0.2, 0) is 6.54 Å². The normalized spacial score (nSPS) is 20.0. The molecule has 19 heavy (non-hydrogen) atoms. The zero-order valence-corrected chi connectivity index (χ0v) is 12.4. The first kappa shape index (κ1) is 14.5. The maximum Gasteiger partial charge on any atom is 0.0208 e. The molecule has 0 radical (unpaired) electrons. The second-order valence-corrected chi connectivity index (χ2v) is 5.83. The van der Waals surface area contributed by atoms with E-state index in [0.717, 1.165) is 19.6 Å². The van der Waals surface area contributed by atoms with Crippen LogP contribution in [-0.4, -0.2) is 19.1 Å². The second kappa shape index (κ2) is 7.66. The van der Waals surface area contributed by atoms with Crippen LogP contribution in [0.25, 0.3) is 0 Å². The zero-order valence-electron chi connectivity index (χ0n) is 12.4. The maximum absolute atomic E-state index is 3.71. The van der Waals surface area contributed by atoms with Gasteiger partial charge in [-0.3, -0.25) is 0 Å². The number of hydrogen-bond acceptors (Lipinski definition) is 2. The molecule has 2 N–H and O–H groups in total. The topological polar surface area (TPSA) is 24.1 Å². The van der Waals surface area contributed by atoms with Crippen LogP contribution in [0.5, 0.6) is 0 Å². The lowest BCUT2D eigenvalue weighted by molar-refractivity contribution is 0.440. The summed E-state index contributed by atoms with van der Waals surface area (Å²) in [6.45, 7) is 7.81. The van der Waals surface area contributed by atoms with Gasteiger partial charge in [-0.25, -0.2) is 0 Å². The Morgan fingerprint density at radius 3 is 3.00 bits per heavy atom. The Hall–Kier alpha value is -0.860. The first-order valence-corrected chi connectivity index (χ1v) is 7.83. The fraction of sp³-hybridized carbons (Fsp3) is 0.647. The van der Waals surface area contributed by atoms with Crippen molar-refractivity contribution in [1.82, 2.24) is 10.6 Å². The molecule has 0 fully saturated rings. The van der Waals surface area contributed by atoms with Crippen LogP contribution in [0.4, 0.5) is 0 Å². The van der Waals surface area contributed by atoms with Crippen molar-refractivity contribution in [1.29, 1.82) is 0 Å². The van der Waals surface area contributed by atoms with Gasteiger partial charge in [-0.1, -0.05) is 50.5 Å². The summed E-state index contributed by atoms with van der Waals surface area (Å²) < 4.78 is 0. The summed E-state index contributed by atoms with van der Waals surface area (Å²) in [4.78, 5) is 0. The van der Waals surface area contributed by atoms with Crippen LogP contribution in [0.15, 0.2) is 24.3 Å². The number of nitrogens with one attached hydrogen (secondary N) is 2. The zero-order chi connectivity index (χ0) is 13.5. The van der Waals surface area contributed by atoms with Gasteiger partial charge in [-0.2, -0.15) is 0 Å². The molecule has 1 aliphatic heterocycles. The van der Waals surface area contributed by atoms with Gasteiger partial charge in [0.1, 0.15) is 0 Å². The molecule has 0 aromatic heterocycles. The first-order valence-electron chi connectivity index (χ1n) is 7.83. The van der Waals surface area contributed by atoms with E-state index in [0.29, 0.717) is 12.0 Å². The van der Waals surface area contributed by atoms with Gasteiger partial charge < -0.3 is 10.6 Å². The van der Waals surface area contributed by atoms with Crippen molar-refractivity contribution in [2.45, 2.75) is 58.0 Å². The maximum atomic E-state index is 3.71. The lowest BCUT2D eigenvalue weighted by atomic mass is 9.90. The van der Waals surface area contributed by atoms with Crippen molar-refractivity contribution in [2.75, 3.05) is 13.1 Å². The van der Waals surface area contributed by atoms with Crippen LogP contribution in [0.2, 0.25) is 0 Å². The van der Waals surface area contributed by atoms with E-state index in [1.165, 1.54) is 36.8 Å². The highest BCUT2D eigenvalue weighted by atomic mass is 14.9. The van der Waals surface area contributed by atoms with Crippen molar-refractivity contribution in [3.8, 4) is 0 Å². The Labute approximate surface area is 118 Å². The first-order chi connectivity index (χ1) is 9.31. The summed E-state index contributed by atoms with van der Waals surface area (Å²) in [6, 6.07) is 9.50. The summed E-state index contributed by atoms with van der Waals surface area (Å²) in [5, 5.41) is 7.24. The van der Waals surface area contributed by atoms with E-state index in [-0.39, 0.29) is 0 Å². The molecule has 2 nitrogen and oxygen atoms in total. The van der Waals surface area contributed by atoms with Gasteiger partial charge in [0.15, 0.2) is 0 Å². The van der Waals surface area contributed by atoms with Crippen LogP contribution in [0.1, 0.15) is 56.6 Å². The third-order valence-corrected chi connectivity index (χ3v) is 4.15. The molecule has 106 valence electrons. The molecule has 1 aliphatic rings. The molecular formula is C17H28N2. The highest BCUT2D eigenvalue weighted by molar-refractivity contribution is 5.32. The lowest BCUT2D eigenvalue weighted by Gasteiger charge is -2.28. The minimum Gasteiger partial charge on any atom is -0.314 e. The molecule has 0 amide bonds. The van der Waals surface area contributed by atoms with E-state index in [4.69, 9.17) is 0 Å². The molecule has 2 rings (SSSR count). The van der Waals surface area contributed by atoms with Crippen molar-refractivity contribution in [3.63, 3.8) is 0 Å². The molecule has 2 unspecified atom stereocenters. The predicted molar refractivity (Wildman–Crippen MR) is 82.5 cm³/mol. The molecule has 0 spiro atoms. The number of fused-ring (bicyclic) bond motifs is 1. The van der Waals surface area contributed by atoms with Crippen LogP contribution < -0.4 is 10.6 Å². The van der Waals surface area contributed by atoms with E-state index >= 15 is 0 Å². The summed E-state index contributed by atoms with van der Waals surface area (Å²) in [5.74, 6) is 0.624. The van der Waals surface area contributed by atoms with E-state index in [2.05, 4.69) is 48.7 Å². The van der Waals surface area contributed by atoms with Crippen LogP contribution >= 0.6 is 0 Å². The van der Waals surface area contributed by atoms with Crippen LogP contribution in [0, 0.1) is 0 Å². The minimum absolute atomic E-state index is 0.624. The molecule has 0 bridgehead atoms. The average Bonchev–Trinajstić information content (AvgIpc) is 2.45. The average molecular weight is 260 g/mol. The van der Waals surface area contributed by atoms with Gasteiger partial charge in [0, 0.05) is 31.6 Å². The lowest BCUT2D eigenvalue weighted by Crippen LogP contribution is -2.37. The van der Waals surface area contributed by atoms with Gasteiger partial charge >= 0.3 is 0 Å².